The lowest BCUT2D eigenvalue weighted by Crippen LogP contribution is -2.08. The summed E-state index contributed by atoms with van der Waals surface area (Å²) in [5.41, 5.74) is 3.40. The van der Waals surface area contributed by atoms with Crippen molar-refractivity contribution in [2.75, 3.05) is 6.61 Å². The third-order valence-corrected chi connectivity index (χ3v) is 6.24. The lowest BCUT2D eigenvalue weighted by molar-refractivity contribution is -0.143. The Morgan fingerprint density at radius 1 is 0.889 bits per heavy atom. The third-order valence-electron chi connectivity index (χ3n) is 6.24. The summed E-state index contributed by atoms with van der Waals surface area (Å²) in [4.78, 5) is 25.2. The summed E-state index contributed by atoms with van der Waals surface area (Å²) in [6.45, 7) is 4.98. The van der Waals surface area contributed by atoms with E-state index in [1.165, 1.54) is 0 Å². The number of aromatic nitrogens is 1. The average Bonchev–Trinajstić information content (AvgIpc) is 3.28. The molecule has 1 atom stereocenters. The van der Waals surface area contributed by atoms with Gasteiger partial charge < -0.3 is 14.0 Å². The number of esters is 1. The van der Waals surface area contributed by atoms with Crippen LogP contribution in [0.5, 0.6) is 5.75 Å². The molecule has 3 aromatic carbocycles. The fourth-order valence-electron chi connectivity index (χ4n) is 4.47. The summed E-state index contributed by atoms with van der Waals surface area (Å²) < 4.78 is 13.4. The molecule has 0 bridgehead atoms. The number of fused-ring (bicyclic) bond motifs is 1. The zero-order valence-electron chi connectivity index (χ0n) is 21.0. The van der Waals surface area contributed by atoms with Crippen LogP contribution in [0.4, 0.5) is 0 Å². The number of carbonyl (C=O) groups is 2. The smallest absolute Gasteiger partial charge is 0.305 e. The number of ether oxygens (including phenoxy) is 2. The van der Waals surface area contributed by atoms with Gasteiger partial charge in [0, 0.05) is 41.2 Å². The fourth-order valence-corrected chi connectivity index (χ4v) is 4.47. The van der Waals surface area contributed by atoms with Gasteiger partial charge in [0.05, 0.1) is 6.61 Å². The van der Waals surface area contributed by atoms with E-state index in [2.05, 4.69) is 23.6 Å². The highest BCUT2D eigenvalue weighted by Gasteiger charge is 2.18. The number of nitrogens with zero attached hydrogens (tertiary/aromatic N) is 1. The maximum Gasteiger partial charge on any atom is 0.305 e. The van der Waals surface area contributed by atoms with E-state index in [1.807, 2.05) is 72.9 Å². The van der Waals surface area contributed by atoms with Gasteiger partial charge in [-0.1, -0.05) is 61.9 Å². The predicted octanol–water partition coefficient (Wildman–Crippen LogP) is 7.14. The molecule has 0 radical (unpaired) electrons. The summed E-state index contributed by atoms with van der Waals surface area (Å²) in [5.74, 6) is 0.520. The van der Waals surface area contributed by atoms with Gasteiger partial charge in [0.2, 0.25) is 0 Å². The van der Waals surface area contributed by atoms with Gasteiger partial charge >= 0.3 is 5.97 Å². The Kier molecular flexibility index (Phi) is 8.56. The molecule has 36 heavy (non-hydrogen) atoms. The standard InChI is InChI=1S/C31H33NO4/c1-3-11-29(23-12-6-5-7-13-23)36-25-19-17-24(18-20-25)31(34)27-22-32(21-10-16-30(33)35-4-2)28-15-9-8-14-26(27)28/h5-9,12-15,17-20,22,29H,3-4,10-11,16,21H2,1-2H3/t29-/m1/s1. The van der Waals surface area contributed by atoms with Gasteiger partial charge in [-0.05, 0) is 55.7 Å². The van der Waals surface area contributed by atoms with E-state index in [9.17, 15) is 9.59 Å². The van der Waals surface area contributed by atoms with Crippen LogP contribution in [-0.2, 0) is 16.1 Å². The molecule has 0 saturated carbocycles. The first-order valence-corrected chi connectivity index (χ1v) is 12.7. The molecule has 0 N–H and O–H groups in total. The van der Waals surface area contributed by atoms with E-state index in [0.29, 0.717) is 37.1 Å². The fraction of sp³-hybridized carbons (Fsp3) is 0.290. The van der Waals surface area contributed by atoms with Crippen LogP contribution in [0.1, 0.15) is 67.1 Å². The highest BCUT2D eigenvalue weighted by atomic mass is 16.5. The maximum absolute atomic E-state index is 13.5. The number of ketones is 1. The molecule has 0 unspecified atom stereocenters. The monoisotopic (exact) mass is 483 g/mol. The number of carbonyl (C=O) groups excluding carboxylic acids is 2. The zero-order valence-corrected chi connectivity index (χ0v) is 21.0. The number of rotatable bonds is 12. The van der Waals surface area contributed by atoms with Crippen molar-refractivity contribution in [2.45, 2.75) is 52.2 Å². The lowest BCUT2D eigenvalue weighted by atomic mass is 10.0. The molecule has 0 spiro atoms. The Bertz CT molecular complexity index is 1290. The van der Waals surface area contributed by atoms with Crippen LogP contribution in [-0.4, -0.2) is 22.9 Å². The molecular weight excluding hydrogens is 450 g/mol. The second-order valence-electron chi connectivity index (χ2n) is 8.82. The second-order valence-corrected chi connectivity index (χ2v) is 8.82. The first-order chi connectivity index (χ1) is 17.6. The van der Waals surface area contributed by atoms with E-state index < -0.39 is 0 Å². The van der Waals surface area contributed by atoms with Crippen molar-refractivity contribution in [3.63, 3.8) is 0 Å². The van der Waals surface area contributed by atoms with Crippen LogP contribution in [0.25, 0.3) is 10.9 Å². The second kappa shape index (κ2) is 12.2. The highest BCUT2D eigenvalue weighted by molar-refractivity contribution is 6.16. The van der Waals surface area contributed by atoms with Gasteiger partial charge in [0.1, 0.15) is 11.9 Å². The van der Waals surface area contributed by atoms with Gasteiger partial charge in [-0.25, -0.2) is 0 Å². The number of benzene rings is 3. The van der Waals surface area contributed by atoms with Crippen molar-refractivity contribution in [1.29, 1.82) is 0 Å². The summed E-state index contributed by atoms with van der Waals surface area (Å²) >= 11 is 0. The number of aryl methyl sites for hydroxylation is 1. The quantitative estimate of drug-likeness (QED) is 0.159. The van der Waals surface area contributed by atoms with E-state index in [0.717, 1.165) is 35.1 Å². The van der Waals surface area contributed by atoms with Crippen molar-refractivity contribution in [3.05, 3.63) is 102 Å². The summed E-state index contributed by atoms with van der Waals surface area (Å²) in [6, 6.07) is 25.5. The van der Waals surface area contributed by atoms with E-state index in [4.69, 9.17) is 9.47 Å². The van der Waals surface area contributed by atoms with E-state index >= 15 is 0 Å². The molecule has 4 rings (SSSR count). The molecular formula is C31H33NO4. The van der Waals surface area contributed by atoms with Gasteiger partial charge in [0.25, 0.3) is 0 Å². The Hall–Kier alpha value is -3.86. The molecule has 1 heterocycles. The van der Waals surface area contributed by atoms with Gasteiger partial charge in [-0.2, -0.15) is 0 Å². The van der Waals surface area contributed by atoms with Gasteiger partial charge in [0.15, 0.2) is 5.78 Å². The number of para-hydroxylation sites is 1. The molecule has 4 aromatic rings. The third kappa shape index (κ3) is 6.03. The van der Waals surface area contributed by atoms with Gasteiger partial charge in [-0.3, -0.25) is 9.59 Å². The first kappa shape index (κ1) is 25.2. The first-order valence-electron chi connectivity index (χ1n) is 12.7. The average molecular weight is 484 g/mol. The van der Waals surface area contributed by atoms with Crippen LogP contribution >= 0.6 is 0 Å². The summed E-state index contributed by atoms with van der Waals surface area (Å²) in [5, 5.41) is 0.908. The largest absolute Gasteiger partial charge is 0.486 e. The Labute approximate surface area is 212 Å². The highest BCUT2D eigenvalue weighted by Crippen LogP contribution is 2.28. The van der Waals surface area contributed by atoms with E-state index in [1.54, 1.807) is 6.92 Å². The number of hydrogen-bond donors (Lipinski definition) is 0. The van der Waals surface area contributed by atoms with Crippen LogP contribution < -0.4 is 4.74 Å². The minimum atomic E-state index is -0.194. The normalized spacial score (nSPS) is 11.8. The Morgan fingerprint density at radius 2 is 1.61 bits per heavy atom. The molecule has 5 nitrogen and oxygen atoms in total. The zero-order chi connectivity index (χ0) is 25.3. The molecule has 0 aliphatic rings. The van der Waals surface area contributed by atoms with Crippen molar-refractivity contribution in [1.82, 2.24) is 4.57 Å². The lowest BCUT2D eigenvalue weighted by Gasteiger charge is -2.19. The van der Waals surface area contributed by atoms with Crippen molar-refractivity contribution >= 4 is 22.7 Å². The Balaban J connectivity index is 1.50. The van der Waals surface area contributed by atoms with Crippen molar-refractivity contribution < 1.29 is 19.1 Å². The van der Waals surface area contributed by atoms with E-state index in [-0.39, 0.29) is 17.9 Å². The van der Waals surface area contributed by atoms with Crippen molar-refractivity contribution in [2.24, 2.45) is 0 Å². The SMILES string of the molecule is CCC[C@@H](Oc1ccc(C(=O)c2cn(CCCC(=O)OCC)c3ccccc23)cc1)c1ccccc1. The molecule has 0 fully saturated rings. The van der Waals surface area contributed by atoms with Crippen LogP contribution in [0.15, 0.2) is 85.1 Å². The summed E-state index contributed by atoms with van der Waals surface area (Å²) in [7, 11) is 0. The maximum atomic E-state index is 13.5. The van der Waals surface area contributed by atoms with Crippen LogP contribution in [0.2, 0.25) is 0 Å². The predicted molar refractivity (Wildman–Crippen MR) is 142 cm³/mol. The minimum absolute atomic E-state index is 0.0228. The Morgan fingerprint density at radius 3 is 2.33 bits per heavy atom. The minimum Gasteiger partial charge on any atom is -0.486 e. The molecule has 0 saturated heterocycles. The molecule has 0 amide bonds. The van der Waals surface area contributed by atoms with Crippen molar-refractivity contribution in [3.8, 4) is 5.75 Å². The molecule has 1 aromatic heterocycles. The van der Waals surface area contributed by atoms with Crippen LogP contribution in [0.3, 0.4) is 0 Å². The van der Waals surface area contributed by atoms with Gasteiger partial charge in [-0.15, -0.1) is 0 Å². The molecule has 186 valence electrons. The number of hydrogen-bond acceptors (Lipinski definition) is 4. The molecule has 5 heteroatoms. The molecule has 0 aliphatic heterocycles. The topological polar surface area (TPSA) is 57.5 Å². The summed E-state index contributed by atoms with van der Waals surface area (Å²) in [6.07, 6.45) is 4.81. The van der Waals surface area contributed by atoms with Crippen LogP contribution in [0, 0.1) is 0 Å². The molecule has 0 aliphatic carbocycles.